The van der Waals surface area contributed by atoms with Crippen LogP contribution in [0.2, 0.25) is 0 Å². The molecule has 2 aromatic rings. The van der Waals surface area contributed by atoms with Gasteiger partial charge in [-0.2, -0.15) is 0 Å². The SMILES string of the molecule is Cc1ccc(OCCc2cccnc2)c(CNC(C)C)c1. The number of ether oxygens (including phenoxy) is 1. The van der Waals surface area contributed by atoms with Crippen molar-refractivity contribution in [3.63, 3.8) is 0 Å². The molecule has 0 bridgehead atoms. The summed E-state index contributed by atoms with van der Waals surface area (Å²) in [5.41, 5.74) is 3.68. The van der Waals surface area contributed by atoms with Gasteiger partial charge >= 0.3 is 0 Å². The fourth-order valence-electron chi connectivity index (χ4n) is 2.13. The molecule has 0 unspecified atom stereocenters. The van der Waals surface area contributed by atoms with Gasteiger partial charge in [-0.25, -0.2) is 0 Å². The van der Waals surface area contributed by atoms with Crippen LogP contribution >= 0.6 is 0 Å². The third-order valence-electron chi connectivity index (χ3n) is 3.29. The third-order valence-corrected chi connectivity index (χ3v) is 3.29. The van der Waals surface area contributed by atoms with E-state index in [1.807, 2.05) is 12.3 Å². The lowest BCUT2D eigenvalue weighted by molar-refractivity contribution is 0.317. The Balaban J connectivity index is 1.95. The maximum Gasteiger partial charge on any atom is 0.123 e. The van der Waals surface area contributed by atoms with Gasteiger partial charge in [0.2, 0.25) is 0 Å². The van der Waals surface area contributed by atoms with Crippen molar-refractivity contribution in [1.82, 2.24) is 10.3 Å². The second kappa shape index (κ2) is 7.79. The molecule has 1 aromatic heterocycles. The van der Waals surface area contributed by atoms with Crippen LogP contribution in [0.4, 0.5) is 0 Å². The predicted molar refractivity (Wildman–Crippen MR) is 86.6 cm³/mol. The second-order valence-corrected chi connectivity index (χ2v) is 5.61. The van der Waals surface area contributed by atoms with Gasteiger partial charge in [0.05, 0.1) is 6.61 Å². The minimum absolute atomic E-state index is 0.466. The molecule has 0 spiro atoms. The number of benzene rings is 1. The molecule has 112 valence electrons. The molecule has 0 saturated carbocycles. The summed E-state index contributed by atoms with van der Waals surface area (Å²) in [6, 6.07) is 10.9. The number of rotatable bonds is 7. The molecule has 2 rings (SSSR count). The fourth-order valence-corrected chi connectivity index (χ4v) is 2.13. The normalized spacial score (nSPS) is 10.9. The van der Waals surface area contributed by atoms with Crippen LogP contribution in [0.15, 0.2) is 42.7 Å². The minimum atomic E-state index is 0.466. The van der Waals surface area contributed by atoms with Gasteiger partial charge in [-0.05, 0) is 24.6 Å². The summed E-state index contributed by atoms with van der Waals surface area (Å²) in [7, 11) is 0. The maximum absolute atomic E-state index is 5.96. The number of aryl methyl sites for hydroxylation is 1. The first-order valence-electron chi connectivity index (χ1n) is 7.50. The van der Waals surface area contributed by atoms with E-state index in [1.165, 1.54) is 16.7 Å². The van der Waals surface area contributed by atoms with Crippen LogP contribution in [-0.4, -0.2) is 17.6 Å². The summed E-state index contributed by atoms with van der Waals surface area (Å²) in [4.78, 5) is 4.12. The summed E-state index contributed by atoms with van der Waals surface area (Å²) >= 11 is 0. The quantitative estimate of drug-likeness (QED) is 0.845. The summed E-state index contributed by atoms with van der Waals surface area (Å²) < 4.78 is 5.96. The molecule has 1 heterocycles. The zero-order valence-corrected chi connectivity index (χ0v) is 13.1. The van der Waals surface area contributed by atoms with Crippen molar-refractivity contribution in [2.45, 2.75) is 39.8 Å². The van der Waals surface area contributed by atoms with Crippen molar-refractivity contribution in [2.75, 3.05) is 6.61 Å². The van der Waals surface area contributed by atoms with Gasteiger partial charge in [0.25, 0.3) is 0 Å². The second-order valence-electron chi connectivity index (χ2n) is 5.61. The van der Waals surface area contributed by atoms with Crippen molar-refractivity contribution in [1.29, 1.82) is 0 Å². The number of pyridine rings is 1. The van der Waals surface area contributed by atoms with Crippen LogP contribution in [0.25, 0.3) is 0 Å². The molecule has 1 aromatic carbocycles. The molecule has 0 fully saturated rings. The largest absolute Gasteiger partial charge is 0.493 e. The topological polar surface area (TPSA) is 34.1 Å². The Bertz CT molecular complexity index is 552. The first kappa shape index (κ1) is 15.5. The number of aromatic nitrogens is 1. The number of hydrogen-bond donors (Lipinski definition) is 1. The van der Waals surface area contributed by atoms with E-state index in [4.69, 9.17) is 4.74 Å². The molecule has 0 atom stereocenters. The van der Waals surface area contributed by atoms with E-state index in [1.54, 1.807) is 6.20 Å². The summed E-state index contributed by atoms with van der Waals surface area (Å²) in [6.45, 7) is 7.92. The van der Waals surface area contributed by atoms with Crippen LogP contribution in [0.5, 0.6) is 5.75 Å². The first-order chi connectivity index (χ1) is 10.1. The lowest BCUT2D eigenvalue weighted by atomic mass is 10.1. The van der Waals surface area contributed by atoms with Crippen molar-refractivity contribution in [3.05, 3.63) is 59.4 Å². The minimum Gasteiger partial charge on any atom is -0.493 e. The highest BCUT2D eigenvalue weighted by molar-refractivity contribution is 5.37. The molecule has 0 amide bonds. The average molecular weight is 284 g/mol. The molecule has 0 aliphatic carbocycles. The lowest BCUT2D eigenvalue weighted by Gasteiger charge is -2.14. The van der Waals surface area contributed by atoms with Gasteiger partial charge < -0.3 is 10.1 Å². The number of nitrogens with zero attached hydrogens (tertiary/aromatic N) is 1. The Hall–Kier alpha value is -1.87. The fraction of sp³-hybridized carbons (Fsp3) is 0.389. The zero-order chi connectivity index (χ0) is 15.1. The van der Waals surface area contributed by atoms with Gasteiger partial charge in [-0.3, -0.25) is 4.98 Å². The number of nitrogens with one attached hydrogen (secondary N) is 1. The molecule has 3 nitrogen and oxygen atoms in total. The standard InChI is InChI=1S/C18H24N2O/c1-14(2)20-13-17-11-15(3)6-7-18(17)21-10-8-16-5-4-9-19-12-16/h4-7,9,11-12,14,20H,8,10,13H2,1-3H3. The highest BCUT2D eigenvalue weighted by Gasteiger charge is 2.05. The Morgan fingerprint density at radius 3 is 2.81 bits per heavy atom. The van der Waals surface area contributed by atoms with E-state index >= 15 is 0 Å². The van der Waals surface area contributed by atoms with Crippen LogP contribution in [0.3, 0.4) is 0 Å². The van der Waals surface area contributed by atoms with Crippen LogP contribution in [-0.2, 0) is 13.0 Å². The molecule has 0 aliphatic heterocycles. The van der Waals surface area contributed by atoms with E-state index < -0.39 is 0 Å². The van der Waals surface area contributed by atoms with Gasteiger partial charge in [-0.15, -0.1) is 0 Å². The van der Waals surface area contributed by atoms with Crippen LogP contribution in [0.1, 0.15) is 30.5 Å². The smallest absolute Gasteiger partial charge is 0.123 e. The zero-order valence-electron chi connectivity index (χ0n) is 13.1. The molecule has 1 N–H and O–H groups in total. The van der Waals surface area contributed by atoms with Gasteiger partial charge in [-0.1, -0.05) is 37.6 Å². The highest BCUT2D eigenvalue weighted by Crippen LogP contribution is 2.20. The summed E-state index contributed by atoms with van der Waals surface area (Å²) in [5, 5.41) is 3.45. The molecule has 0 aliphatic rings. The van der Waals surface area contributed by atoms with E-state index in [9.17, 15) is 0 Å². The van der Waals surface area contributed by atoms with E-state index in [-0.39, 0.29) is 0 Å². The molecule has 21 heavy (non-hydrogen) atoms. The van der Waals surface area contributed by atoms with E-state index in [2.05, 4.69) is 55.3 Å². The van der Waals surface area contributed by atoms with Crippen molar-refractivity contribution in [3.8, 4) is 5.75 Å². The Labute approximate surface area is 127 Å². The molecular weight excluding hydrogens is 260 g/mol. The summed E-state index contributed by atoms with van der Waals surface area (Å²) in [5.74, 6) is 0.970. The van der Waals surface area contributed by atoms with Gasteiger partial charge in [0.1, 0.15) is 5.75 Å². The van der Waals surface area contributed by atoms with Crippen molar-refractivity contribution >= 4 is 0 Å². The van der Waals surface area contributed by atoms with Crippen LogP contribution in [0, 0.1) is 6.92 Å². The molecule has 0 radical (unpaired) electrons. The van der Waals surface area contributed by atoms with Gasteiger partial charge in [0, 0.05) is 37.0 Å². The average Bonchev–Trinajstić information content (AvgIpc) is 2.48. The lowest BCUT2D eigenvalue weighted by Crippen LogP contribution is -2.22. The number of hydrogen-bond acceptors (Lipinski definition) is 3. The van der Waals surface area contributed by atoms with Crippen molar-refractivity contribution < 1.29 is 4.74 Å². The Morgan fingerprint density at radius 1 is 1.24 bits per heavy atom. The van der Waals surface area contributed by atoms with Crippen LogP contribution < -0.4 is 10.1 Å². The predicted octanol–water partition coefficient (Wildman–Crippen LogP) is 3.51. The Kier molecular flexibility index (Phi) is 5.76. The first-order valence-corrected chi connectivity index (χ1v) is 7.50. The molecular formula is C18H24N2O. The maximum atomic E-state index is 5.96. The highest BCUT2D eigenvalue weighted by atomic mass is 16.5. The molecule has 3 heteroatoms. The van der Waals surface area contributed by atoms with E-state index in [0.29, 0.717) is 12.6 Å². The third kappa shape index (κ3) is 5.20. The summed E-state index contributed by atoms with van der Waals surface area (Å²) in [6.07, 6.45) is 4.55. The van der Waals surface area contributed by atoms with Gasteiger partial charge in [0.15, 0.2) is 0 Å². The monoisotopic (exact) mass is 284 g/mol. The van der Waals surface area contributed by atoms with Crippen molar-refractivity contribution in [2.24, 2.45) is 0 Å². The Morgan fingerprint density at radius 2 is 2.10 bits per heavy atom. The van der Waals surface area contributed by atoms with E-state index in [0.717, 1.165) is 18.7 Å². The molecule has 0 saturated heterocycles.